The summed E-state index contributed by atoms with van der Waals surface area (Å²) in [6.45, 7) is 1.93. The van der Waals surface area contributed by atoms with E-state index in [4.69, 9.17) is 11.6 Å². The van der Waals surface area contributed by atoms with Crippen LogP contribution < -0.4 is 5.32 Å². The highest BCUT2D eigenvalue weighted by Gasteiger charge is 2.06. The quantitative estimate of drug-likeness (QED) is 0.869. The molecule has 0 fully saturated rings. The van der Waals surface area contributed by atoms with E-state index in [0.717, 1.165) is 15.7 Å². The molecule has 0 unspecified atom stereocenters. The van der Waals surface area contributed by atoms with E-state index >= 15 is 0 Å². The molecule has 0 amide bonds. The molecule has 1 heterocycles. The highest BCUT2D eigenvalue weighted by Crippen LogP contribution is 2.25. The van der Waals surface area contributed by atoms with Crippen LogP contribution in [0.4, 0.5) is 15.9 Å². The van der Waals surface area contributed by atoms with E-state index in [1.807, 2.05) is 25.1 Å². The number of anilines is 2. The lowest BCUT2D eigenvalue weighted by atomic mass is 10.2. The summed E-state index contributed by atoms with van der Waals surface area (Å²) >= 11 is 9.01. The highest BCUT2D eigenvalue weighted by molar-refractivity contribution is 9.10. The molecule has 0 saturated heterocycles. The molecule has 88 valence electrons. The van der Waals surface area contributed by atoms with E-state index in [1.165, 1.54) is 12.3 Å². The minimum absolute atomic E-state index is 0.167. The van der Waals surface area contributed by atoms with Crippen LogP contribution in [-0.2, 0) is 0 Å². The van der Waals surface area contributed by atoms with Crippen LogP contribution in [0.1, 0.15) is 5.56 Å². The van der Waals surface area contributed by atoms with Crippen molar-refractivity contribution < 1.29 is 4.39 Å². The van der Waals surface area contributed by atoms with Gasteiger partial charge in [-0.05, 0) is 36.8 Å². The van der Waals surface area contributed by atoms with Gasteiger partial charge in [0.15, 0.2) is 11.6 Å². The van der Waals surface area contributed by atoms with Gasteiger partial charge in [0.1, 0.15) is 0 Å². The third kappa shape index (κ3) is 2.96. The lowest BCUT2D eigenvalue weighted by Gasteiger charge is -2.09. The Hall–Kier alpha value is -1.13. The standard InChI is InChI=1S/C12H9BrClFN2/c1-7-4-8(13)2-3-11(7)17-12-10(15)5-9(14)6-16-12/h2-6H,1H3,(H,16,17). The average molecular weight is 316 g/mol. The fourth-order valence-electron chi connectivity index (χ4n) is 1.40. The van der Waals surface area contributed by atoms with Crippen molar-refractivity contribution in [3.05, 3.63) is 51.3 Å². The maximum atomic E-state index is 13.5. The van der Waals surface area contributed by atoms with Crippen molar-refractivity contribution in [2.24, 2.45) is 0 Å². The van der Waals surface area contributed by atoms with Gasteiger partial charge in [0.25, 0.3) is 0 Å². The van der Waals surface area contributed by atoms with Crippen LogP contribution in [-0.4, -0.2) is 4.98 Å². The molecule has 0 saturated carbocycles. The summed E-state index contributed by atoms with van der Waals surface area (Å²) in [7, 11) is 0. The molecule has 0 spiro atoms. The van der Waals surface area contributed by atoms with E-state index < -0.39 is 5.82 Å². The summed E-state index contributed by atoms with van der Waals surface area (Å²) in [5.41, 5.74) is 1.80. The fraction of sp³-hybridized carbons (Fsp3) is 0.0833. The first-order valence-electron chi connectivity index (χ1n) is 4.90. The first-order valence-corrected chi connectivity index (χ1v) is 6.07. The number of rotatable bonds is 2. The van der Waals surface area contributed by atoms with Crippen LogP contribution in [0.15, 0.2) is 34.9 Å². The van der Waals surface area contributed by atoms with E-state index in [0.29, 0.717) is 0 Å². The Morgan fingerprint density at radius 1 is 1.35 bits per heavy atom. The number of aryl methyl sites for hydroxylation is 1. The van der Waals surface area contributed by atoms with Crippen molar-refractivity contribution in [3.8, 4) is 0 Å². The van der Waals surface area contributed by atoms with Crippen LogP contribution in [0.2, 0.25) is 5.02 Å². The minimum Gasteiger partial charge on any atom is -0.338 e. The zero-order valence-corrected chi connectivity index (χ0v) is 11.3. The molecule has 2 rings (SSSR count). The number of nitrogens with zero attached hydrogens (tertiary/aromatic N) is 1. The van der Waals surface area contributed by atoms with Crippen molar-refractivity contribution in [1.29, 1.82) is 0 Å². The fourth-order valence-corrected chi connectivity index (χ4v) is 2.02. The Morgan fingerprint density at radius 2 is 2.12 bits per heavy atom. The molecule has 5 heteroatoms. The first kappa shape index (κ1) is 12.3. The molecule has 0 aliphatic rings. The molecule has 0 atom stereocenters. The maximum absolute atomic E-state index is 13.5. The molecule has 0 aliphatic heterocycles. The predicted octanol–water partition coefficient (Wildman–Crippen LogP) is 4.69. The van der Waals surface area contributed by atoms with Gasteiger partial charge in [0, 0.05) is 16.4 Å². The van der Waals surface area contributed by atoms with E-state index in [-0.39, 0.29) is 10.8 Å². The minimum atomic E-state index is -0.472. The molecule has 17 heavy (non-hydrogen) atoms. The van der Waals surface area contributed by atoms with Crippen molar-refractivity contribution in [1.82, 2.24) is 4.98 Å². The molecule has 1 N–H and O–H groups in total. The van der Waals surface area contributed by atoms with Gasteiger partial charge < -0.3 is 5.32 Å². The number of benzene rings is 1. The van der Waals surface area contributed by atoms with Crippen molar-refractivity contribution in [3.63, 3.8) is 0 Å². The van der Waals surface area contributed by atoms with Crippen LogP contribution >= 0.6 is 27.5 Å². The number of aromatic nitrogens is 1. The van der Waals surface area contributed by atoms with Gasteiger partial charge in [-0.25, -0.2) is 9.37 Å². The monoisotopic (exact) mass is 314 g/mol. The second-order valence-electron chi connectivity index (χ2n) is 3.57. The summed E-state index contributed by atoms with van der Waals surface area (Å²) in [6.07, 6.45) is 1.40. The second-order valence-corrected chi connectivity index (χ2v) is 4.92. The number of hydrogen-bond acceptors (Lipinski definition) is 2. The Labute approximate surface area is 112 Å². The molecule has 0 radical (unpaired) electrons. The van der Waals surface area contributed by atoms with Crippen molar-refractivity contribution in [2.75, 3.05) is 5.32 Å². The lowest BCUT2D eigenvalue weighted by Crippen LogP contribution is -1.98. The molecule has 2 nitrogen and oxygen atoms in total. The van der Waals surface area contributed by atoms with Crippen LogP contribution in [0.3, 0.4) is 0 Å². The van der Waals surface area contributed by atoms with Gasteiger partial charge in [-0.3, -0.25) is 0 Å². The third-order valence-corrected chi connectivity index (χ3v) is 2.95. The van der Waals surface area contributed by atoms with Gasteiger partial charge in [-0.1, -0.05) is 27.5 Å². The van der Waals surface area contributed by atoms with E-state index in [1.54, 1.807) is 0 Å². The molecular weight excluding hydrogens is 307 g/mol. The Kier molecular flexibility index (Phi) is 3.64. The number of nitrogens with one attached hydrogen (secondary N) is 1. The van der Waals surface area contributed by atoms with Crippen LogP contribution in [0.5, 0.6) is 0 Å². The van der Waals surface area contributed by atoms with E-state index in [9.17, 15) is 4.39 Å². The van der Waals surface area contributed by atoms with Gasteiger partial charge in [0.2, 0.25) is 0 Å². The SMILES string of the molecule is Cc1cc(Br)ccc1Nc1ncc(Cl)cc1F. The van der Waals surface area contributed by atoms with E-state index in [2.05, 4.69) is 26.2 Å². The largest absolute Gasteiger partial charge is 0.338 e. The Balaban J connectivity index is 2.31. The topological polar surface area (TPSA) is 24.9 Å². The summed E-state index contributed by atoms with van der Waals surface area (Å²) in [5, 5.41) is 3.21. The van der Waals surface area contributed by atoms with Crippen molar-refractivity contribution in [2.45, 2.75) is 6.92 Å². The molecule has 2 aromatic rings. The van der Waals surface area contributed by atoms with Gasteiger partial charge >= 0.3 is 0 Å². The predicted molar refractivity (Wildman–Crippen MR) is 71.4 cm³/mol. The summed E-state index contributed by atoms with van der Waals surface area (Å²) in [6, 6.07) is 6.90. The molecular formula is C12H9BrClFN2. The summed E-state index contributed by atoms with van der Waals surface area (Å²) in [5.74, 6) is -0.306. The van der Waals surface area contributed by atoms with Crippen molar-refractivity contribution >= 4 is 39.0 Å². The number of halogens is 3. The average Bonchev–Trinajstić information content (AvgIpc) is 2.25. The number of pyridine rings is 1. The van der Waals surface area contributed by atoms with Crippen LogP contribution in [0.25, 0.3) is 0 Å². The van der Waals surface area contributed by atoms with Crippen LogP contribution in [0, 0.1) is 12.7 Å². The molecule has 1 aromatic carbocycles. The molecule has 1 aromatic heterocycles. The first-order chi connectivity index (χ1) is 8.06. The van der Waals surface area contributed by atoms with Gasteiger partial charge in [0.05, 0.1) is 5.02 Å². The zero-order valence-electron chi connectivity index (χ0n) is 8.97. The third-order valence-electron chi connectivity index (χ3n) is 2.25. The highest BCUT2D eigenvalue weighted by atomic mass is 79.9. The van der Waals surface area contributed by atoms with Gasteiger partial charge in [-0.15, -0.1) is 0 Å². The van der Waals surface area contributed by atoms with Gasteiger partial charge in [-0.2, -0.15) is 0 Å². The molecule has 0 bridgehead atoms. The maximum Gasteiger partial charge on any atom is 0.167 e. The second kappa shape index (κ2) is 5.02. The smallest absolute Gasteiger partial charge is 0.167 e. The Morgan fingerprint density at radius 3 is 2.76 bits per heavy atom. The lowest BCUT2D eigenvalue weighted by molar-refractivity contribution is 0.626. The normalized spacial score (nSPS) is 10.4. The Bertz CT molecular complexity index is 511. The summed E-state index contributed by atoms with van der Waals surface area (Å²) < 4.78 is 14.5. The number of hydrogen-bond donors (Lipinski definition) is 1. The summed E-state index contributed by atoms with van der Waals surface area (Å²) in [4.78, 5) is 3.91. The zero-order chi connectivity index (χ0) is 12.4. The molecule has 0 aliphatic carbocycles.